The third-order valence-corrected chi connectivity index (χ3v) is 2.45. The van der Waals surface area contributed by atoms with E-state index >= 15 is 0 Å². The summed E-state index contributed by atoms with van der Waals surface area (Å²) >= 11 is 0. The van der Waals surface area contributed by atoms with Crippen LogP contribution in [0.5, 0.6) is 0 Å². The molecule has 0 aliphatic heterocycles. The van der Waals surface area contributed by atoms with Crippen LogP contribution in [0.25, 0.3) is 0 Å². The highest BCUT2D eigenvalue weighted by Gasteiger charge is 2.49. The molecule has 1 unspecified atom stereocenters. The second-order valence-electron chi connectivity index (χ2n) is 3.67. The van der Waals surface area contributed by atoms with Gasteiger partial charge in [-0.1, -0.05) is 13.8 Å². The second kappa shape index (κ2) is 2.68. The first kappa shape index (κ1) is 8.88. The highest BCUT2D eigenvalue weighted by molar-refractivity contribution is 4.90. The van der Waals surface area contributed by atoms with E-state index in [0.717, 1.165) is 0 Å². The Labute approximate surface area is 64.8 Å². The van der Waals surface area contributed by atoms with Crippen LogP contribution in [0.3, 0.4) is 0 Å². The van der Waals surface area contributed by atoms with Crippen molar-refractivity contribution in [1.82, 2.24) is 0 Å². The second-order valence-corrected chi connectivity index (χ2v) is 3.67. The Morgan fingerprint density at radius 2 is 1.91 bits per heavy atom. The lowest BCUT2D eigenvalue weighted by Gasteiger charge is -2.12. The van der Waals surface area contributed by atoms with Crippen LogP contribution < -0.4 is 0 Å². The Hall–Kier alpha value is -0.210. The first-order chi connectivity index (χ1) is 4.93. The first-order valence-corrected chi connectivity index (χ1v) is 3.95. The molecule has 0 saturated heterocycles. The average Bonchev–Trinajstić information content (AvgIpc) is 2.08. The Balaban J connectivity index is 2.57. The molecule has 0 aromatic heterocycles. The highest BCUT2D eigenvalue weighted by Crippen LogP contribution is 2.43. The summed E-state index contributed by atoms with van der Waals surface area (Å²) in [4.78, 5) is 0. The van der Waals surface area contributed by atoms with E-state index in [1.54, 1.807) is 0 Å². The zero-order valence-electron chi connectivity index (χ0n) is 6.78. The minimum atomic E-state index is -3.06. The van der Waals surface area contributed by atoms with E-state index < -0.39 is 12.1 Å². The molecule has 2 atom stereocenters. The van der Waals surface area contributed by atoms with E-state index in [4.69, 9.17) is 0 Å². The molecule has 1 rings (SSSR count). The van der Waals surface area contributed by atoms with E-state index in [-0.39, 0.29) is 24.7 Å². The molecule has 0 aromatic rings. The molecular formula is C8H13F3. The predicted octanol–water partition coefficient (Wildman–Crippen LogP) is 3.03. The molecule has 0 nitrogen and oxygen atoms in total. The van der Waals surface area contributed by atoms with Crippen LogP contribution in [0.1, 0.15) is 26.7 Å². The lowest BCUT2D eigenvalue weighted by atomic mass is 9.94. The van der Waals surface area contributed by atoms with Crippen molar-refractivity contribution in [2.75, 3.05) is 0 Å². The van der Waals surface area contributed by atoms with E-state index in [0.29, 0.717) is 0 Å². The van der Waals surface area contributed by atoms with Crippen LogP contribution in [0.2, 0.25) is 0 Å². The molecule has 0 heterocycles. The molecular weight excluding hydrogens is 153 g/mol. The van der Waals surface area contributed by atoms with Gasteiger partial charge in [-0.2, -0.15) is 0 Å². The standard InChI is InChI=1S/C8H13F3/c1-5(2)6-3-7(9)8(10,11)4-6/h5-7H,3-4H2,1-2H3/t6?,7-/m0/s1. The van der Waals surface area contributed by atoms with E-state index in [2.05, 4.69) is 0 Å². The van der Waals surface area contributed by atoms with Gasteiger partial charge >= 0.3 is 0 Å². The molecule has 3 heteroatoms. The largest absolute Gasteiger partial charge is 0.278 e. The number of halogens is 3. The topological polar surface area (TPSA) is 0 Å². The van der Waals surface area contributed by atoms with Crippen molar-refractivity contribution in [3.8, 4) is 0 Å². The van der Waals surface area contributed by atoms with Gasteiger partial charge in [0, 0.05) is 6.42 Å². The molecule has 11 heavy (non-hydrogen) atoms. The molecule has 0 radical (unpaired) electrons. The molecule has 0 N–H and O–H groups in total. The summed E-state index contributed by atoms with van der Waals surface area (Å²) in [6.07, 6.45) is -2.15. The van der Waals surface area contributed by atoms with Crippen LogP contribution in [0.15, 0.2) is 0 Å². The fourth-order valence-corrected chi connectivity index (χ4v) is 1.51. The van der Waals surface area contributed by atoms with Gasteiger partial charge in [0.25, 0.3) is 5.92 Å². The number of alkyl halides is 3. The summed E-state index contributed by atoms with van der Waals surface area (Å²) in [7, 11) is 0. The summed E-state index contributed by atoms with van der Waals surface area (Å²) in [6, 6.07) is 0. The SMILES string of the molecule is CC(C)C1C[C@H](F)C(F)(F)C1. The van der Waals surface area contributed by atoms with Crippen LogP contribution in [0, 0.1) is 11.8 Å². The molecule has 0 spiro atoms. The summed E-state index contributed by atoms with van der Waals surface area (Å²) < 4.78 is 37.7. The van der Waals surface area contributed by atoms with Crippen molar-refractivity contribution in [2.45, 2.75) is 38.8 Å². The third-order valence-electron chi connectivity index (χ3n) is 2.45. The molecule has 1 aliphatic rings. The van der Waals surface area contributed by atoms with Gasteiger partial charge in [0.05, 0.1) is 0 Å². The van der Waals surface area contributed by atoms with Gasteiger partial charge in [-0.3, -0.25) is 0 Å². The van der Waals surface area contributed by atoms with E-state index in [1.165, 1.54) is 0 Å². The fourth-order valence-electron chi connectivity index (χ4n) is 1.51. The Morgan fingerprint density at radius 3 is 2.09 bits per heavy atom. The monoisotopic (exact) mass is 166 g/mol. The molecule has 0 aromatic carbocycles. The van der Waals surface area contributed by atoms with Crippen LogP contribution >= 0.6 is 0 Å². The van der Waals surface area contributed by atoms with Gasteiger partial charge in [-0.05, 0) is 18.3 Å². The van der Waals surface area contributed by atoms with Crippen LogP contribution in [-0.2, 0) is 0 Å². The summed E-state index contributed by atoms with van der Waals surface area (Å²) in [5.74, 6) is -3.03. The zero-order valence-corrected chi connectivity index (χ0v) is 6.78. The average molecular weight is 166 g/mol. The van der Waals surface area contributed by atoms with Gasteiger partial charge in [0.1, 0.15) is 0 Å². The van der Waals surface area contributed by atoms with Crippen molar-refractivity contribution in [1.29, 1.82) is 0 Å². The van der Waals surface area contributed by atoms with Crippen LogP contribution in [-0.4, -0.2) is 12.1 Å². The summed E-state index contributed by atoms with van der Waals surface area (Å²) in [6.45, 7) is 3.72. The molecule has 1 aliphatic carbocycles. The van der Waals surface area contributed by atoms with Crippen molar-refractivity contribution in [3.05, 3.63) is 0 Å². The van der Waals surface area contributed by atoms with E-state index in [9.17, 15) is 13.2 Å². The minimum absolute atomic E-state index is 0.0324. The van der Waals surface area contributed by atoms with Crippen molar-refractivity contribution >= 4 is 0 Å². The van der Waals surface area contributed by atoms with Gasteiger partial charge in [-0.25, -0.2) is 13.2 Å². The zero-order chi connectivity index (χ0) is 8.65. The maximum Gasteiger partial charge on any atom is 0.278 e. The number of hydrogen-bond acceptors (Lipinski definition) is 0. The van der Waals surface area contributed by atoms with Crippen molar-refractivity contribution in [3.63, 3.8) is 0 Å². The normalized spacial score (nSPS) is 36.5. The van der Waals surface area contributed by atoms with Gasteiger partial charge in [0.15, 0.2) is 6.17 Å². The maximum absolute atomic E-state index is 12.6. The van der Waals surface area contributed by atoms with E-state index in [1.807, 2.05) is 13.8 Å². The minimum Gasteiger partial charge on any atom is -0.241 e. The first-order valence-electron chi connectivity index (χ1n) is 3.95. The number of rotatable bonds is 1. The van der Waals surface area contributed by atoms with Crippen molar-refractivity contribution < 1.29 is 13.2 Å². The Morgan fingerprint density at radius 1 is 1.36 bits per heavy atom. The Bertz CT molecular complexity index is 142. The van der Waals surface area contributed by atoms with Gasteiger partial charge in [-0.15, -0.1) is 0 Å². The predicted molar refractivity (Wildman–Crippen MR) is 37.4 cm³/mol. The smallest absolute Gasteiger partial charge is 0.241 e. The molecule has 66 valence electrons. The summed E-state index contributed by atoms with van der Waals surface area (Å²) in [5, 5.41) is 0. The third kappa shape index (κ3) is 1.68. The molecule has 1 fully saturated rings. The van der Waals surface area contributed by atoms with Crippen LogP contribution in [0.4, 0.5) is 13.2 Å². The number of hydrogen-bond donors (Lipinski definition) is 0. The molecule has 0 bridgehead atoms. The van der Waals surface area contributed by atoms with Gasteiger partial charge < -0.3 is 0 Å². The fraction of sp³-hybridized carbons (Fsp3) is 1.00. The van der Waals surface area contributed by atoms with Crippen molar-refractivity contribution in [2.24, 2.45) is 11.8 Å². The summed E-state index contributed by atoms with van der Waals surface area (Å²) in [5.41, 5.74) is 0. The Kier molecular flexibility index (Phi) is 2.17. The lowest BCUT2D eigenvalue weighted by Crippen LogP contribution is -2.22. The lowest BCUT2D eigenvalue weighted by molar-refractivity contribution is -0.0521. The quantitative estimate of drug-likeness (QED) is 0.561. The molecule has 0 amide bonds. The maximum atomic E-state index is 12.6. The molecule has 1 saturated carbocycles. The highest BCUT2D eigenvalue weighted by atomic mass is 19.3. The van der Waals surface area contributed by atoms with Gasteiger partial charge in [0.2, 0.25) is 0 Å².